The molecular formula is C10H10F3NO4S. The molecule has 1 rings (SSSR count). The number of rotatable bonds is 4. The molecule has 1 aromatic carbocycles. The Morgan fingerprint density at radius 3 is 2.26 bits per heavy atom. The highest BCUT2D eigenvalue weighted by Crippen LogP contribution is 2.35. The summed E-state index contributed by atoms with van der Waals surface area (Å²) < 4.78 is 61.9. The number of aliphatic carboxylic acids is 1. The topological polar surface area (TPSA) is 97.5 Å². The molecule has 0 bridgehead atoms. The zero-order chi connectivity index (χ0) is 14.8. The number of sulfone groups is 1. The molecule has 0 saturated carbocycles. The summed E-state index contributed by atoms with van der Waals surface area (Å²) in [5, 5.41) is 6.61. The number of nitrogens with two attached hydrogens (primary N) is 1. The summed E-state index contributed by atoms with van der Waals surface area (Å²) in [6, 6.07) is 3.38. The van der Waals surface area contributed by atoms with Crippen molar-refractivity contribution >= 4 is 15.8 Å². The Kier molecular flexibility index (Phi) is 4.21. The van der Waals surface area contributed by atoms with Crippen molar-refractivity contribution in [2.24, 2.45) is 5.73 Å². The van der Waals surface area contributed by atoms with E-state index in [0.29, 0.717) is 12.1 Å². The van der Waals surface area contributed by atoms with Crippen molar-refractivity contribution in [2.75, 3.05) is 6.54 Å². The molecule has 5 nitrogen and oxygen atoms in total. The molecule has 0 saturated heterocycles. The van der Waals surface area contributed by atoms with Crippen molar-refractivity contribution in [2.45, 2.75) is 16.3 Å². The molecule has 9 heteroatoms. The summed E-state index contributed by atoms with van der Waals surface area (Å²) in [4.78, 5) is 9.69. The van der Waals surface area contributed by atoms with Gasteiger partial charge in [0.25, 0.3) is 0 Å². The Morgan fingerprint density at radius 1 is 1.32 bits per heavy atom. The van der Waals surface area contributed by atoms with Gasteiger partial charge in [-0.3, -0.25) is 4.79 Å². The minimum atomic E-state index is -4.90. The van der Waals surface area contributed by atoms with E-state index in [1.807, 2.05) is 0 Å². The lowest BCUT2D eigenvalue weighted by Gasteiger charge is -2.16. The number of benzene rings is 1. The van der Waals surface area contributed by atoms with Crippen LogP contribution in [0, 0.1) is 0 Å². The minimum Gasteiger partial charge on any atom is -0.480 e. The summed E-state index contributed by atoms with van der Waals surface area (Å²) in [5.41, 5.74) is 3.61. The van der Waals surface area contributed by atoms with Gasteiger partial charge >= 0.3 is 12.1 Å². The molecular weight excluding hydrogens is 287 g/mol. The molecule has 0 aromatic heterocycles. The number of alkyl halides is 3. The van der Waals surface area contributed by atoms with Crippen LogP contribution in [-0.4, -0.2) is 31.3 Å². The summed E-state index contributed by atoms with van der Waals surface area (Å²) >= 11 is 0. The summed E-state index contributed by atoms with van der Waals surface area (Å²) in [6.07, 6.45) is -4.90. The second-order valence-corrected chi connectivity index (χ2v) is 5.70. The van der Waals surface area contributed by atoms with Gasteiger partial charge in [0.05, 0.1) is 10.5 Å². The van der Waals surface area contributed by atoms with E-state index < -0.39 is 44.2 Å². The number of carbonyl (C=O) groups is 1. The molecule has 19 heavy (non-hydrogen) atoms. The number of halogens is 3. The van der Waals surface area contributed by atoms with Crippen molar-refractivity contribution in [3.63, 3.8) is 0 Å². The Morgan fingerprint density at radius 2 is 1.84 bits per heavy atom. The van der Waals surface area contributed by atoms with Crippen molar-refractivity contribution in [1.82, 2.24) is 0 Å². The molecule has 0 spiro atoms. The van der Waals surface area contributed by atoms with E-state index in [2.05, 4.69) is 0 Å². The largest absolute Gasteiger partial charge is 0.480 e. The quantitative estimate of drug-likeness (QED) is 0.860. The molecule has 1 unspecified atom stereocenters. The van der Waals surface area contributed by atoms with E-state index in [1.54, 1.807) is 0 Å². The van der Waals surface area contributed by atoms with Crippen molar-refractivity contribution in [3.8, 4) is 0 Å². The molecule has 0 fully saturated rings. The molecule has 1 atom stereocenters. The van der Waals surface area contributed by atoms with Crippen molar-refractivity contribution in [3.05, 3.63) is 29.8 Å². The second kappa shape index (κ2) is 5.17. The van der Waals surface area contributed by atoms with Gasteiger partial charge in [-0.15, -0.1) is 0 Å². The maximum absolute atomic E-state index is 12.7. The first-order valence-corrected chi connectivity index (χ1v) is 6.50. The molecule has 1 aromatic rings. The van der Waals surface area contributed by atoms with Crippen LogP contribution in [0.2, 0.25) is 0 Å². The van der Waals surface area contributed by atoms with E-state index in [1.165, 1.54) is 0 Å². The predicted octanol–water partition coefficient (Wildman–Crippen LogP) is 0.891. The molecule has 0 aliphatic carbocycles. The fourth-order valence-electron chi connectivity index (χ4n) is 1.46. The van der Waals surface area contributed by atoms with Crippen molar-refractivity contribution < 1.29 is 31.5 Å². The third-order valence-corrected chi connectivity index (χ3v) is 4.48. The summed E-state index contributed by atoms with van der Waals surface area (Å²) in [5.74, 6) is -1.79. The average Bonchev–Trinajstić information content (AvgIpc) is 2.27. The third-order valence-electron chi connectivity index (χ3n) is 2.36. The highest BCUT2D eigenvalue weighted by Gasteiger charge is 2.41. The van der Waals surface area contributed by atoms with Gasteiger partial charge in [-0.25, -0.2) is 8.42 Å². The van der Waals surface area contributed by atoms with E-state index in [4.69, 9.17) is 10.8 Å². The molecule has 0 radical (unpaired) electrons. The standard InChI is InChI=1S/C10H10F3NO4S/c11-10(12,13)6-3-1-2-4-7(6)19(17,18)8(5-14)9(15)16/h1-4,8H,5,14H2,(H,15,16). The van der Waals surface area contributed by atoms with Crippen LogP contribution in [0.5, 0.6) is 0 Å². The number of carboxylic acids is 1. The lowest BCUT2D eigenvalue weighted by atomic mass is 10.2. The van der Waals surface area contributed by atoms with Crippen LogP contribution in [0.1, 0.15) is 5.56 Å². The fourth-order valence-corrected chi connectivity index (χ4v) is 3.05. The lowest BCUT2D eigenvalue weighted by Crippen LogP contribution is -2.37. The van der Waals surface area contributed by atoms with Crippen LogP contribution >= 0.6 is 0 Å². The van der Waals surface area contributed by atoms with E-state index in [9.17, 15) is 26.4 Å². The zero-order valence-corrected chi connectivity index (χ0v) is 10.2. The lowest BCUT2D eigenvalue weighted by molar-refractivity contribution is -0.140. The predicted molar refractivity (Wildman–Crippen MR) is 59.1 cm³/mol. The maximum atomic E-state index is 12.7. The van der Waals surface area contributed by atoms with Gasteiger partial charge < -0.3 is 10.8 Å². The highest BCUT2D eigenvalue weighted by molar-refractivity contribution is 7.92. The van der Waals surface area contributed by atoms with Crippen LogP contribution in [0.4, 0.5) is 13.2 Å². The zero-order valence-electron chi connectivity index (χ0n) is 9.39. The van der Waals surface area contributed by atoms with Crippen LogP contribution in [0.3, 0.4) is 0 Å². The first kappa shape index (κ1) is 15.4. The summed E-state index contributed by atoms with van der Waals surface area (Å²) in [6.45, 7) is -0.816. The molecule has 3 N–H and O–H groups in total. The molecule has 0 heterocycles. The molecule has 106 valence electrons. The third kappa shape index (κ3) is 3.04. The van der Waals surface area contributed by atoms with Gasteiger partial charge in [-0.2, -0.15) is 13.2 Å². The van der Waals surface area contributed by atoms with Gasteiger partial charge in [0.15, 0.2) is 15.1 Å². The maximum Gasteiger partial charge on any atom is 0.417 e. The number of hydrogen-bond donors (Lipinski definition) is 2. The van der Waals surface area contributed by atoms with Gasteiger partial charge in [-0.1, -0.05) is 12.1 Å². The minimum absolute atomic E-state index is 0.572. The Hall–Kier alpha value is -1.61. The average molecular weight is 297 g/mol. The monoisotopic (exact) mass is 297 g/mol. The van der Waals surface area contributed by atoms with E-state index in [-0.39, 0.29) is 0 Å². The van der Waals surface area contributed by atoms with E-state index in [0.717, 1.165) is 12.1 Å². The Balaban J connectivity index is 3.50. The SMILES string of the molecule is NCC(C(=O)O)S(=O)(=O)c1ccccc1C(F)(F)F. The van der Waals surface area contributed by atoms with Gasteiger partial charge in [-0.05, 0) is 12.1 Å². The fraction of sp³-hybridized carbons (Fsp3) is 0.300. The van der Waals surface area contributed by atoms with Crippen LogP contribution in [0.15, 0.2) is 29.2 Å². The van der Waals surface area contributed by atoms with Crippen molar-refractivity contribution in [1.29, 1.82) is 0 Å². The molecule has 0 aliphatic rings. The second-order valence-electron chi connectivity index (χ2n) is 3.60. The Labute approximate surface area is 106 Å². The normalized spacial score (nSPS) is 14.1. The molecule has 0 amide bonds. The number of hydrogen-bond acceptors (Lipinski definition) is 4. The summed E-state index contributed by atoms with van der Waals surface area (Å²) in [7, 11) is -4.71. The van der Waals surface area contributed by atoms with Crippen LogP contribution in [-0.2, 0) is 20.8 Å². The first-order chi connectivity index (χ1) is 8.62. The first-order valence-electron chi connectivity index (χ1n) is 4.95. The van der Waals surface area contributed by atoms with Gasteiger partial charge in [0.2, 0.25) is 0 Å². The number of carboxylic acid groups (broad SMARTS) is 1. The highest BCUT2D eigenvalue weighted by atomic mass is 32.2. The van der Waals surface area contributed by atoms with Gasteiger partial charge in [0, 0.05) is 6.54 Å². The van der Waals surface area contributed by atoms with Crippen LogP contribution < -0.4 is 5.73 Å². The Bertz CT molecular complexity index is 583. The van der Waals surface area contributed by atoms with Crippen LogP contribution in [0.25, 0.3) is 0 Å². The van der Waals surface area contributed by atoms with Gasteiger partial charge in [0.1, 0.15) is 0 Å². The smallest absolute Gasteiger partial charge is 0.417 e. The molecule has 0 aliphatic heterocycles. The van der Waals surface area contributed by atoms with E-state index >= 15 is 0 Å².